The van der Waals surface area contributed by atoms with Crippen molar-refractivity contribution < 1.29 is 4.74 Å². The molecule has 0 aromatic carbocycles. The van der Waals surface area contributed by atoms with Crippen LogP contribution in [0, 0.1) is 0 Å². The first-order chi connectivity index (χ1) is 6.47. The second kappa shape index (κ2) is 4.77. The molecule has 0 aromatic rings. The van der Waals surface area contributed by atoms with Crippen molar-refractivity contribution in [3.8, 4) is 0 Å². The van der Waals surface area contributed by atoms with Gasteiger partial charge in [0.15, 0.2) is 0 Å². The van der Waals surface area contributed by atoms with Gasteiger partial charge in [0.25, 0.3) is 0 Å². The Kier molecular flexibility index (Phi) is 3.39. The van der Waals surface area contributed by atoms with Crippen molar-refractivity contribution in [2.24, 2.45) is 0 Å². The molecule has 0 aliphatic carbocycles. The molecule has 2 heterocycles. The molecule has 0 spiro atoms. The molecular weight excluding hydrogens is 162 g/mol. The number of nitrogens with zero attached hydrogens (tertiary/aromatic N) is 1. The van der Waals surface area contributed by atoms with Gasteiger partial charge in [-0.15, -0.1) is 0 Å². The monoisotopic (exact) mass is 181 g/mol. The van der Waals surface area contributed by atoms with Crippen LogP contribution in [0.3, 0.4) is 0 Å². The normalized spacial score (nSPS) is 31.5. The summed E-state index contributed by atoms with van der Waals surface area (Å²) >= 11 is 0. The van der Waals surface area contributed by atoms with Crippen LogP contribution in [0.1, 0.15) is 25.7 Å². The highest BCUT2D eigenvalue weighted by Gasteiger charge is 2.19. The Morgan fingerprint density at radius 2 is 2.15 bits per heavy atom. The minimum Gasteiger partial charge on any atom is -0.381 e. The van der Waals surface area contributed by atoms with E-state index in [-0.39, 0.29) is 0 Å². The number of hydrogen-bond donors (Lipinski definition) is 0. The van der Waals surface area contributed by atoms with Crippen molar-refractivity contribution in [2.45, 2.75) is 31.7 Å². The van der Waals surface area contributed by atoms with Gasteiger partial charge in [-0.2, -0.15) is 0 Å². The molecule has 2 nitrogen and oxygen atoms in total. The molecule has 2 heteroatoms. The summed E-state index contributed by atoms with van der Waals surface area (Å²) in [4.78, 5) is 2.61. The van der Waals surface area contributed by atoms with Gasteiger partial charge in [0.05, 0.1) is 0 Å². The molecule has 1 saturated heterocycles. The van der Waals surface area contributed by atoms with E-state index in [0.717, 1.165) is 25.8 Å². The van der Waals surface area contributed by atoms with E-state index in [2.05, 4.69) is 17.1 Å². The molecule has 1 fully saturated rings. The Hall–Kier alpha value is -0.340. The molecule has 0 saturated carbocycles. The average Bonchev–Trinajstić information content (AvgIpc) is 2.47. The third kappa shape index (κ3) is 2.55. The summed E-state index contributed by atoms with van der Waals surface area (Å²) in [5.41, 5.74) is 0. The summed E-state index contributed by atoms with van der Waals surface area (Å²) < 4.78 is 5.47. The highest BCUT2D eigenvalue weighted by Crippen LogP contribution is 2.17. The molecule has 0 bridgehead atoms. The Morgan fingerprint density at radius 1 is 1.15 bits per heavy atom. The summed E-state index contributed by atoms with van der Waals surface area (Å²) in [5, 5.41) is 0. The van der Waals surface area contributed by atoms with Crippen molar-refractivity contribution in [2.75, 3.05) is 26.3 Å². The van der Waals surface area contributed by atoms with E-state index < -0.39 is 0 Å². The number of rotatable bonds is 1. The lowest BCUT2D eigenvalue weighted by Crippen LogP contribution is -2.37. The first kappa shape index (κ1) is 9.22. The largest absolute Gasteiger partial charge is 0.381 e. The molecule has 2 aliphatic heterocycles. The Balaban J connectivity index is 1.86. The van der Waals surface area contributed by atoms with Gasteiger partial charge in [-0.3, -0.25) is 4.90 Å². The van der Waals surface area contributed by atoms with Gasteiger partial charge in [-0.05, 0) is 25.7 Å². The van der Waals surface area contributed by atoms with Crippen molar-refractivity contribution in [1.82, 2.24) is 4.90 Å². The lowest BCUT2D eigenvalue weighted by molar-refractivity contribution is 0.131. The third-order valence-corrected chi connectivity index (χ3v) is 3.03. The molecule has 1 atom stereocenters. The first-order valence-electron chi connectivity index (χ1n) is 5.43. The van der Waals surface area contributed by atoms with Gasteiger partial charge in [0.2, 0.25) is 0 Å². The molecule has 0 aromatic heterocycles. The van der Waals surface area contributed by atoms with Crippen LogP contribution in [0.4, 0.5) is 0 Å². The smallest absolute Gasteiger partial charge is 0.0480 e. The zero-order chi connectivity index (χ0) is 8.93. The molecule has 1 unspecified atom stereocenters. The summed E-state index contributed by atoms with van der Waals surface area (Å²) in [6, 6.07) is 0.785. The summed E-state index contributed by atoms with van der Waals surface area (Å²) in [6.07, 6.45) is 9.63. The van der Waals surface area contributed by atoms with Crippen LogP contribution in [-0.4, -0.2) is 37.2 Å². The topological polar surface area (TPSA) is 12.5 Å². The van der Waals surface area contributed by atoms with Gasteiger partial charge in [-0.1, -0.05) is 12.2 Å². The summed E-state index contributed by atoms with van der Waals surface area (Å²) in [5.74, 6) is 0. The molecule has 0 N–H and O–H groups in total. The van der Waals surface area contributed by atoms with Crippen LogP contribution in [0.15, 0.2) is 12.2 Å². The van der Waals surface area contributed by atoms with Crippen molar-refractivity contribution in [3.05, 3.63) is 12.2 Å². The molecule has 13 heavy (non-hydrogen) atoms. The molecule has 2 aliphatic rings. The van der Waals surface area contributed by atoms with Gasteiger partial charge < -0.3 is 4.74 Å². The Bertz CT molecular complexity index is 171. The molecule has 0 radical (unpaired) electrons. The maximum atomic E-state index is 5.47. The first-order valence-corrected chi connectivity index (χ1v) is 5.43. The maximum absolute atomic E-state index is 5.47. The standard InChI is InChI=1S/C11H19NO/c1-2-7-12(8-3-1)11-5-4-9-13-10-6-11/h1-2,11H,3-10H2. The maximum Gasteiger partial charge on any atom is 0.0480 e. The zero-order valence-corrected chi connectivity index (χ0v) is 8.24. The van der Waals surface area contributed by atoms with Crippen LogP contribution < -0.4 is 0 Å². The Labute approximate surface area is 80.6 Å². The van der Waals surface area contributed by atoms with E-state index in [1.54, 1.807) is 0 Å². The van der Waals surface area contributed by atoms with E-state index in [1.165, 1.54) is 32.2 Å². The fourth-order valence-corrected chi connectivity index (χ4v) is 2.24. The van der Waals surface area contributed by atoms with E-state index in [4.69, 9.17) is 4.74 Å². The second-order valence-corrected chi connectivity index (χ2v) is 3.95. The number of ether oxygens (including phenoxy) is 1. The lowest BCUT2D eigenvalue weighted by Gasteiger charge is -2.31. The van der Waals surface area contributed by atoms with Crippen molar-refractivity contribution in [1.29, 1.82) is 0 Å². The third-order valence-electron chi connectivity index (χ3n) is 3.03. The summed E-state index contributed by atoms with van der Waals surface area (Å²) in [7, 11) is 0. The predicted molar refractivity (Wildman–Crippen MR) is 53.8 cm³/mol. The SMILES string of the molecule is C1=CCN(C2CCCOCC2)CC1. The molecule has 74 valence electrons. The van der Waals surface area contributed by atoms with E-state index in [0.29, 0.717) is 0 Å². The minimum absolute atomic E-state index is 0.785. The molecular formula is C11H19NO. The molecule has 2 rings (SSSR count). The highest BCUT2D eigenvalue weighted by atomic mass is 16.5. The second-order valence-electron chi connectivity index (χ2n) is 3.95. The van der Waals surface area contributed by atoms with Crippen molar-refractivity contribution in [3.63, 3.8) is 0 Å². The zero-order valence-electron chi connectivity index (χ0n) is 8.24. The predicted octanol–water partition coefficient (Wildman–Crippen LogP) is 1.82. The quantitative estimate of drug-likeness (QED) is 0.572. The van der Waals surface area contributed by atoms with Crippen LogP contribution in [0.25, 0.3) is 0 Å². The van der Waals surface area contributed by atoms with Gasteiger partial charge in [0.1, 0.15) is 0 Å². The fraction of sp³-hybridized carbons (Fsp3) is 0.818. The van der Waals surface area contributed by atoms with Crippen LogP contribution in [0.2, 0.25) is 0 Å². The van der Waals surface area contributed by atoms with Gasteiger partial charge in [0, 0.05) is 32.3 Å². The van der Waals surface area contributed by atoms with Crippen LogP contribution in [-0.2, 0) is 4.74 Å². The molecule has 0 amide bonds. The number of hydrogen-bond acceptors (Lipinski definition) is 2. The lowest BCUT2D eigenvalue weighted by atomic mass is 10.1. The van der Waals surface area contributed by atoms with Crippen LogP contribution >= 0.6 is 0 Å². The van der Waals surface area contributed by atoms with E-state index >= 15 is 0 Å². The van der Waals surface area contributed by atoms with E-state index in [9.17, 15) is 0 Å². The highest BCUT2D eigenvalue weighted by molar-refractivity contribution is 4.93. The van der Waals surface area contributed by atoms with E-state index in [1.807, 2.05) is 0 Å². The van der Waals surface area contributed by atoms with Gasteiger partial charge in [-0.25, -0.2) is 0 Å². The minimum atomic E-state index is 0.785. The van der Waals surface area contributed by atoms with Gasteiger partial charge >= 0.3 is 0 Å². The fourth-order valence-electron chi connectivity index (χ4n) is 2.24. The van der Waals surface area contributed by atoms with Crippen molar-refractivity contribution >= 4 is 0 Å². The Morgan fingerprint density at radius 3 is 3.00 bits per heavy atom. The van der Waals surface area contributed by atoms with Crippen LogP contribution in [0.5, 0.6) is 0 Å². The average molecular weight is 181 g/mol. The summed E-state index contributed by atoms with van der Waals surface area (Å²) in [6.45, 7) is 4.34.